The lowest BCUT2D eigenvalue weighted by atomic mass is 10.1. The maximum atomic E-state index is 12.7. The van der Waals surface area contributed by atoms with E-state index in [9.17, 15) is 18.8 Å². The standard InChI is InChI=1S/C14H18FN3O3/c1-10(19)18(9-7-16)14(21)13(20)17-8-6-11-2-4-12(15)5-3-11/h2-5H,6-9,16H2,1H3,(H,17,20). The van der Waals surface area contributed by atoms with Gasteiger partial charge < -0.3 is 11.1 Å². The van der Waals surface area contributed by atoms with E-state index < -0.39 is 17.7 Å². The van der Waals surface area contributed by atoms with Crippen molar-refractivity contribution >= 4 is 17.7 Å². The summed E-state index contributed by atoms with van der Waals surface area (Å²) in [6.45, 7) is 1.50. The molecule has 0 aromatic heterocycles. The van der Waals surface area contributed by atoms with Gasteiger partial charge in [-0.1, -0.05) is 12.1 Å². The molecule has 114 valence electrons. The van der Waals surface area contributed by atoms with Gasteiger partial charge in [0, 0.05) is 26.6 Å². The Labute approximate surface area is 122 Å². The van der Waals surface area contributed by atoms with Crippen LogP contribution in [0.3, 0.4) is 0 Å². The summed E-state index contributed by atoms with van der Waals surface area (Å²) in [5, 5.41) is 2.42. The zero-order chi connectivity index (χ0) is 15.8. The number of hydrogen-bond acceptors (Lipinski definition) is 4. The second kappa shape index (κ2) is 8.11. The summed E-state index contributed by atoms with van der Waals surface area (Å²) in [6.07, 6.45) is 0.455. The lowest BCUT2D eigenvalue weighted by molar-refractivity contribution is -0.151. The van der Waals surface area contributed by atoms with Gasteiger partial charge in [-0.15, -0.1) is 0 Å². The van der Waals surface area contributed by atoms with Crippen LogP contribution in [0.4, 0.5) is 4.39 Å². The average molecular weight is 295 g/mol. The Kier molecular flexibility index (Phi) is 6.48. The average Bonchev–Trinajstić information content (AvgIpc) is 2.45. The summed E-state index contributed by atoms with van der Waals surface area (Å²) < 4.78 is 12.7. The minimum Gasteiger partial charge on any atom is -0.347 e. The number of nitrogens with two attached hydrogens (primary N) is 1. The molecule has 0 unspecified atom stereocenters. The van der Waals surface area contributed by atoms with E-state index in [4.69, 9.17) is 5.73 Å². The topological polar surface area (TPSA) is 92.5 Å². The largest absolute Gasteiger partial charge is 0.347 e. The highest BCUT2D eigenvalue weighted by molar-refractivity contribution is 6.37. The molecule has 1 rings (SSSR count). The number of amides is 3. The number of carbonyl (C=O) groups is 3. The van der Waals surface area contributed by atoms with E-state index in [0.717, 1.165) is 10.5 Å². The van der Waals surface area contributed by atoms with Crippen LogP contribution in [0.2, 0.25) is 0 Å². The normalized spacial score (nSPS) is 10.0. The molecule has 6 nitrogen and oxygen atoms in total. The summed E-state index contributed by atoms with van der Waals surface area (Å²) in [6, 6.07) is 5.83. The molecule has 0 bridgehead atoms. The molecular formula is C14H18FN3O3. The molecule has 3 amide bonds. The summed E-state index contributed by atoms with van der Waals surface area (Å²) in [5.74, 6) is -2.65. The number of nitrogens with zero attached hydrogens (tertiary/aromatic N) is 1. The first-order valence-electron chi connectivity index (χ1n) is 6.50. The van der Waals surface area contributed by atoms with Crippen LogP contribution >= 0.6 is 0 Å². The van der Waals surface area contributed by atoms with Crippen LogP contribution in [0.1, 0.15) is 12.5 Å². The van der Waals surface area contributed by atoms with Gasteiger partial charge >= 0.3 is 11.8 Å². The Balaban J connectivity index is 2.47. The van der Waals surface area contributed by atoms with Crippen LogP contribution in [-0.4, -0.2) is 42.3 Å². The van der Waals surface area contributed by atoms with Crippen molar-refractivity contribution in [3.8, 4) is 0 Å². The summed E-state index contributed by atoms with van der Waals surface area (Å²) >= 11 is 0. The highest BCUT2D eigenvalue weighted by Crippen LogP contribution is 2.02. The molecule has 0 aliphatic heterocycles. The monoisotopic (exact) mass is 295 g/mol. The van der Waals surface area contributed by atoms with E-state index in [1.54, 1.807) is 12.1 Å². The van der Waals surface area contributed by atoms with Gasteiger partial charge in [0.05, 0.1) is 0 Å². The molecule has 21 heavy (non-hydrogen) atoms. The van der Waals surface area contributed by atoms with Crippen LogP contribution in [0.25, 0.3) is 0 Å². The predicted molar refractivity (Wildman–Crippen MR) is 74.6 cm³/mol. The molecule has 0 saturated heterocycles. The molecule has 3 N–H and O–H groups in total. The molecule has 1 aromatic carbocycles. The van der Waals surface area contributed by atoms with Crippen LogP contribution < -0.4 is 11.1 Å². The van der Waals surface area contributed by atoms with Gasteiger partial charge in [-0.25, -0.2) is 4.39 Å². The Bertz CT molecular complexity index is 517. The number of nitrogens with one attached hydrogen (secondary N) is 1. The summed E-state index contributed by atoms with van der Waals surface area (Å²) in [4.78, 5) is 35.4. The van der Waals surface area contributed by atoms with E-state index in [1.165, 1.54) is 19.1 Å². The van der Waals surface area contributed by atoms with Crippen molar-refractivity contribution in [2.45, 2.75) is 13.3 Å². The van der Waals surface area contributed by atoms with Gasteiger partial charge in [-0.3, -0.25) is 19.3 Å². The third-order valence-electron chi connectivity index (χ3n) is 2.78. The number of hydrogen-bond donors (Lipinski definition) is 2. The molecule has 1 aromatic rings. The van der Waals surface area contributed by atoms with Crippen molar-refractivity contribution in [2.75, 3.05) is 19.6 Å². The quantitative estimate of drug-likeness (QED) is 0.737. The Morgan fingerprint density at radius 2 is 1.86 bits per heavy atom. The van der Waals surface area contributed by atoms with Gasteiger partial charge in [0.25, 0.3) is 0 Å². The number of halogens is 1. The van der Waals surface area contributed by atoms with Gasteiger partial charge in [0.2, 0.25) is 5.91 Å². The Hall–Kier alpha value is -2.28. The lowest BCUT2D eigenvalue weighted by Crippen LogP contribution is -2.47. The number of rotatable bonds is 5. The van der Waals surface area contributed by atoms with E-state index in [2.05, 4.69) is 5.32 Å². The van der Waals surface area contributed by atoms with Crippen molar-refractivity contribution in [3.05, 3.63) is 35.6 Å². The molecule has 0 saturated carbocycles. The van der Waals surface area contributed by atoms with Crippen molar-refractivity contribution < 1.29 is 18.8 Å². The Morgan fingerprint density at radius 1 is 1.24 bits per heavy atom. The first-order chi connectivity index (χ1) is 9.95. The fraction of sp³-hybridized carbons (Fsp3) is 0.357. The van der Waals surface area contributed by atoms with Crippen LogP contribution in [0, 0.1) is 5.82 Å². The van der Waals surface area contributed by atoms with Crippen LogP contribution in [0.5, 0.6) is 0 Å². The zero-order valence-corrected chi connectivity index (χ0v) is 11.8. The molecule has 0 spiro atoms. The van der Waals surface area contributed by atoms with Gasteiger partial charge in [-0.05, 0) is 24.1 Å². The molecule has 0 atom stereocenters. The van der Waals surface area contributed by atoms with Gasteiger partial charge in [0.15, 0.2) is 0 Å². The fourth-order valence-electron chi connectivity index (χ4n) is 1.70. The number of imide groups is 1. The van der Waals surface area contributed by atoms with Crippen LogP contribution in [0.15, 0.2) is 24.3 Å². The molecule has 0 aliphatic carbocycles. The van der Waals surface area contributed by atoms with E-state index in [1.807, 2.05) is 0 Å². The maximum Gasteiger partial charge on any atom is 0.318 e. The zero-order valence-electron chi connectivity index (χ0n) is 11.8. The minimum absolute atomic E-state index is 0.000448. The third kappa shape index (κ3) is 5.31. The van der Waals surface area contributed by atoms with Gasteiger partial charge in [-0.2, -0.15) is 0 Å². The van der Waals surface area contributed by atoms with E-state index >= 15 is 0 Å². The van der Waals surface area contributed by atoms with E-state index in [-0.39, 0.29) is 25.5 Å². The first-order valence-corrected chi connectivity index (χ1v) is 6.50. The second-order valence-corrected chi connectivity index (χ2v) is 4.40. The van der Waals surface area contributed by atoms with Crippen molar-refractivity contribution in [1.82, 2.24) is 10.2 Å². The molecule has 0 radical (unpaired) electrons. The highest BCUT2D eigenvalue weighted by atomic mass is 19.1. The van der Waals surface area contributed by atoms with E-state index in [0.29, 0.717) is 6.42 Å². The fourth-order valence-corrected chi connectivity index (χ4v) is 1.70. The first kappa shape index (κ1) is 16.8. The molecule has 0 fully saturated rings. The van der Waals surface area contributed by atoms with Crippen molar-refractivity contribution in [2.24, 2.45) is 5.73 Å². The lowest BCUT2D eigenvalue weighted by Gasteiger charge is -2.17. The summed E-state index contributed by atoms with van der Waals surface area (Å²) in [5.41, 5.74) is 6.11. The molecule has 0 aliphatic rings. The Morgan fingerprint density at radius 3 is 2.38 bits per heavy atom. The molecule has 7 heteroatoms. The smallest absolute Gasteiger partial charge is 0.318 e. The highest BCUT2D eigenvalue weighted by Gasteiger charge is 2.23. The third-order valence-corrected chi connectivity index (χ3v) is 2.78. The molecular weight excluding hydrogens is 277 g/mol. The maximum absolute atomic E-state index is 12.7. The van der Waals surface area contributed by atoms with Crippen molar-refractivity contribution in [1.29, 1.82) is 0 Å². The summed E-state index contributed by atoms with van der Waals surface area (Å²) in [7, 11) is 0. The molecule has 0 heterocycles. The number of carbonyl (C=O) groups excluding carboxylic acids is 3. The van der Waals surface area contributed by atoms with Crippen LogP contribution in [-0.2, 0) is 20.8 Å². The second-order valence-electron chi connectivity index (χ2n) is 4.40. The predicted octanol–water partition coefficient (Wildman–Crippen LogP) is -0.182. The minimum atomic E-state index is -0.924. The van der Waals surface area contributed by atoms with Crippen molar-refractivity contribution in [3.63, 3.8) is 0 Å². The SMILES string of the molecule is CC(=O)N(CCN)C(=O)C(=O)NCCc1ccc(F)cc1. The van der Waals surface area contributed by atoms with Gasteiger partial charge in [0.1, 0.15) is 5.82 Å². The number of benzene rings is 1.